The van der Waals surface area contributed by atoms with Crippen molar-refractivity contribution in [3.05, 3.63) is 18.1 Å². The Hall–Kier alpha value is -0.220. The van der Waals surface area contributed by atoms with Crippen LogP contribution in [0, 0.1) is 11.8 Å². The van der Waals surface area contributed by atoms with Crippen LogP contribution >= 0.6 is 46.0 Å². The molecule has 0 atom stereocenters. The average Bonchev–Trinajstić information content (AvgIpc) is 2.59. The summed E-state index contributed by atoms with van der Waals surface area (Å²) in [5.41, 5.74) is 0. The van der Waals surface area contributed by atoms with E-state index in [1.54, 1.807) is 6.20 Å². The molecule has 130 valence electrons. The van der Waals surface area contributed by atoms with Crippen LogP contribution in [0.3, 0.4) is 0 Å². The van der Waals surface area contributed by atoms with Crippen LogP contribution < -0.4 is 4.90 Å². The molecule has 2 heterocycles. The Bertz CT molecular complexity index is 594. The van der Waals surface area contributed by atoms with Gasteiger partial charge in [0.25, 0.3) is 0 Å². The molecule has 1 saturated heterocycles. The van der Waals surface area contributed by atoms with E-state index in [2.05, 4.69) is 26.7 Å². The van der Waals surface area contributed by atoms with E-state index in [9.17, 15) is 0 Å². The molecule has 0 spiro atoms. The third kappa shape index (κ3) is 5.14. The standard InChI is InChI=1S/C16H19I2N3O3/c17-22-9-1-2-15-19-6-3-16(20-15)21-7-4-12(5-8-21)23-13-10-14(11-13)24-18/h3,6,12-14H,4-5,7-11H2. The quantitative estimate of drug-likeness (QED) is 0.412. The Morgan fingerprint density at radius 2 is 1.96 bits per heavy atom. The van der Waals surface area contributed by atoms with Gasteiger partial charge in [-0.3, -0.25) is 0 Å². The van der Waals surface area contributed by atoms with Gasteiger partial charge in [-0.1, -0.05) is 5.92 Å². The SMILES string of the molecule is IOCC#Cc1nccc(N2CCC(OC3CC(OI)C3)CC2)n1. The molecule has 1 saturated carbocycles. The number of hydrogen-bond donors (Lipinski definition) is 0. The normalized spacial score (nSPS) is 24.2. The fourth-order valence-corrected chi connectivity index (χ4v) is 3.49. The van der Waals surface area contributed by atoms with E-state index in [0.717, 1.165) is 44.6 Å². The van der Waals surface area contributed by atoms with E-state index in [4.69, 9.17) is 10.9 Å². The first-order valence-electron chi connectivity index (χ1n) is 8.01. The molecule has 1 aliphatic carbocycles. The number of nitrogens with zero attached hydrogens (tertiary/aromatic N) is 3. The van der Waals surface area contributed by atoms with Crippen molar-refractivity contribution < 1.29 is 10.9 Å². The smallest absolute Gasteiger partial charge is 0.206 e. The van der Waals surface area contributed by atoms with Crippen molar-refractivity contribution in [1.82, 2.24) is 9.97 Å². The molecule has 1 aromatic heterocycles. The van der Waals surface area contributed by atoms with Crippen LogP contribution in [-0.4, -0.2) is 48.0 Å². The predicted octanol–water partition coefficient (Wildman–Crippen LogP) is 3.08. The van der Waals surface area contributed by atoms with Gasteiger partial charge in [-0.05, 0) is 24.8 Å². The van der Waals surface area contributed by atoms with Crippen molar-refractivity contribution >= 4 is 51.8 Å². The highest BCUT2D eigenvalue weighted by molar-refractivity contribution is 14.1. The Kier molecular flexibility index (Phi) is 7.33. The molecule has 3 rings (SSSR count). The van der Waals surface area contributed by atoms with E-state index >= 15 is 0 Å². The van der Waals surface area contributed by atoms with Crippen molar-refractivity contribution in [2.24, 2.45) is 0 Å². The molecule has 0 bridgehead atoms. The summed E-state index contributed by atoms with van der Waals surface area (Å²) in [6.07, 6.45) is 6.98. The van der Waals surface area contributed by atoms with Gasteiger partial charge in [0.1, 0.15) is 58.4 Å². The zero-order chi connectivity index (χ0) is 16.8. The lowest BCUT2D eigenvalue weighted by Gasteiger charge is -2.39. The largest absolute Gasteiger partial charge is 0.375 e. The van der Waals surface area contributed by atoms with E-state index < -0.39 is 0 Å². The first kappa shape index (κ1) is 18.6. The Morgan fingerprint density at radius 3 is 2.67 bits per heavy atom. The van der Waals surface area contributed by atoms with E-state index in [1.807, 2.05) is 52.1 Å². The highest BCUT2D eigenvalue weighted by atomic mass is 127. The van der Waals surface area contributed by atoms with Gasteiger partial charge in [0.2, 0.25) is 5.82 Å². The van der Waals surface area contributed by atoms with Crippen LogP contribution in [0.15, 0.2) is 12.3 Å². The first-order valence-corrected chi connectivity index (χ1v) is 9.78. The Morgan fingerprint density at radius 1 is 1.17 bits per heavy atom. The first-order chi connectivity index (χ1) is 11.8. The van der Waals surface area contributed by atoms with E-state index in [-0.39, 0.29) is 0 Å². The highest BCUT2D eigenvalue weighted by Crippen LogP contribution is 2.31. The third-order valence-electron chi connectivity index (χ3n) is 4.30. The van der Waals surface area contributed by atoms with Crippen molar-refractivity contribution in [2.75, 3.05) is 24.6 Å². The summed E-state index contributed by atoms with van der Waals surface area (Å²) in [4.78, 5) is 11.0. The van der Waals surface area contributed by atoms with Gasteiger partial charge < -0.3 is 15.8 Å². The second-order valence-corrected chi connectivity index (χ2v) is 7.05. The molecule has 0 N–H and O–H groups in total. The topological polar surface area (TPSA) is 56.7 Å². The van der Waals surface area contributed by atoms with Gasteiger partial charge in [-0.2, -0.15) is 0 Å². The minimum Gasteiger partial charge on any atom is -0.375 e. The molecule has 1 aliphatic heterocycles. The van der Waals surface area contributed by atoms with Crippen molar-refractivity contribution in [2.45, 2.75) is 44.0 Å². The van der Waals surface area contributed by atoms with Gasteiger partial charge in [-0.25, -0.2) is 9.97 Å². The summed E-state index contributed by atoms with van der Waals surface area (Å²) in [6.45, 7) is 2.27. The van der Waals surface area contributed by atoms with Crippen molar-refractivity contribution in [3.63, 3.8) is 0 Å². The molecule has 6 nitrogen and oxygen atoms in total. The maximum absolute atomic E-state index is 6.15. The number of ether oxygens (including phenoxy) is 1. The van der Waals surface area contributed by atoms with Crippen LogP contribution in [0.1, 0.15) is 31.5 Å². The monoisotopic (exact) mass is 555 g/mol. The molecule has 0 radical (unpaired) electrons. The van der Waals surface area contributed by atoms with Gasteiger partial charge in [0, 0.05) is 32.1 Å². The fraction of sp³-hybridized carbons (Fsp3) is 0.625. The third-order valence-corrected chi connectivity index (χ3v) is 5.33. The number of halogens is 2. The molecule has 24 heavy (non-hydrogen) atoms. The molecule has 0 unspecified atom stereocenters. The second kappa shape index (κ2) is 9.47. The summed E-state index contributed by atoms with van der Waals surface area (Å²) >= 11 is 3.80. The summed E-state index contributed by atoms with van der Waals surface area (Å²) in [7, 11) is 0. The van der Waals surface area contributed by atoms with Gasteiger partial charge >= 0.3 is 0 Å². The maximum atomic E-state index is 6.15. The molecular formula is C16H19I2N3O3. The van der Waals surface area contributed by atoms with Crippen LogP contribution in [0.4, 0.5) is 5.82 Å². The second-order valence-electron chi connectivity index (χ2n) is 5.92. The molecular weight excluding hydrogens is 536 g/mol. The number of anilines is 1. The number of hydrogen-bond acceptors (Lipinski definition) is 6. The van der Waals surface area contributed by atoms with Crippen molar-refractivity contribution in [3.8, 4) is 11.8 Å². The van der Waals surface area contributed by atoms with Crippen molar-refractivity contribution in [1.29, 1.82) is 0 Å². The fourth-order valence-electron chi connectivity index (χ4n) is 2.92. The molecule has 0 aromatic carbocycles. The van der Waals surface area contributed by atoms with Gasteiger partial charge in [-0.15, -0.1) is 0 Å². The lowest BCUT2D eigenvalue weighted by molar-refractivity contribution is -0.0934. The minimum atomic E-state index is 0.350. The predicted molar refractivity (Wildman–Crippen MR) is 107 cm³/mol. The highest BCUT2D eigenvalue weighted by Gasteiger charge is 2.33. The Balaban J connectivity index is 1.48. The molecule has 2 fully saturated rings. The zero-order valence-corrected chi connectivity index (χ0v) is 17.5. The van der Waals surface area contributed by atoms with Crippen LogP contribution in [-0.2, 0) is 10.9 Å². The molecule has 2 aliphatic rings. The van der Waals surface area contributed by atoms with E-state index in [1.165, 1.54) is 0 Å². The number of aromatic nitrogens is 2. The number of piperidine rings is 1. The van der Waals surface area contributed by atoms with Gasteiger partial charge in [0.05, 0.1) is 18.3 Å². The van der Waals surface area contributed by atoms with Gasteiger partial charge in [0.15, 0.2) is 0 Å². The number of rotatable bonds is 5. The summed E-state index contributed by atoms with van der Waals surface area (Å²) in [5, 5.41) is 0. The van der Waals surface area contributed by atoms with Crippen LogP contribution in [0.2, 0.25) is 0 Å². The van der Waals surface area contributed by atoms with E-state index in [0.29, 0.717) is 30.7 Å². The van der Waals surface area contributed by atoms with Crippen LogP contribution in [0.25, 0.3) is 0 Å². The minimum absolute atomic E-state index is 0.350. The lowest BCUT2D eigenvalue weighted by Crippen LogP contribution is -2.43. The van der Waals surface area contributed by atoms with Crippen LogP contribution in [0.5, 0.6) is 0 Å². The molecule has 8 heteroatoms. The summed E-state index contributed by atoms with van der Waals surface area (Å²) in [6, 6.07) is 1.94. The summed E-state index contributed by atoms with van der Waals surface area (Å²) < 4.78 is 16.3. The molecule has 0 amide bonds. The summed E-state index contributed by atoms with van der Waals surface area (Å²) in [5.74, 6) is 7.27. The lowest BCUT2D eigenvalue weighted by atomic mass is 9.92. The zero-order valence-electron chi connectivity index (χ0n) is 13.2. The maximum Gasteiger partial charge on any atom is 0.206 e. The Labute approximate surface area is 170 Å². The average molecular weight is 555 g/mol. The molecule has 1 aromatic rings.